The van der Waals surface area contributed by atoms with Gasteiger partial charge >= 0.3 is 5.97 Å². The number of carbonyl (C=O) groups is 2. The van der Waals surface area contributed by atoms with Gasteiger partial charge in [-0.25, -0.2) is 0 Å². The molecule has 1 aromatic heterocycles. The van der Waals surface area contributed by atoms with Crippen LogP contribution in [0.15, 0.2) is 64.3 Å². The molecular weight excluding hydrogens is 696 g/mol. The minimum atomic E-state index is -2.29. The average molecular weight is 747 g/mol. The fourth-order valence-electron chi connectivity index (χ4n) is 10.1. The molecule has 2 aliphatic heterocycles. The van der Waals surface area contributed by atoms with Crippen LogP contribution >= 0.6 is 0 Å². The Morgan fingerprint density at radius 3 is 2.20 bits per heavy atom. The fourth-order valence-corrected chi connectivity index (χ4v) is 10.1. The second kappa shape index (κ2) is 13.5. The van der Waals surface area contributed by atoms with Crippen molar-refractivity contribution in [3.63, 3.8) is 0 Å². The van der Waals surface area contributed by atoms with Crippen molar-refractivity contribution in [3.8, 4) is 22.8 Å². The third-order valence-electron chi connectivity index (χ3n) is 12.7. The van der Waals surface area contributed by atoms with Crippen LogP contribution in [0.25, 0.3) is 11.3 Å². The van der Waals surface area contributed by atoms with Gasteiger partial charge in [-0.1, -0.05) is 31.1 Å². The molecule has 0 bridgehead atoms. The second-order valence-electron chi connectivity index (χ2n) is 16.4. The highest BCUT2D eigenvalue weighted by atomic mass is 16.7. The Morgan fingerprint density at radius 1 is 0.963 bits per heavy atom. The average Bonchev–Trinajstić information content (AvgIpc) is 3.83. The lowest BCUT2D eigenvalue weighted by Crippen LogP contribution is -2.87. The molecule has 4 aliphatic rings. The SMILES string of the molecule is COc1ccc(C2=NOC([C@@]3(C)CC(=O)[C@]4(O)[C@@]5(C)[C@@H](OCc6cc(-c7ccc(OC)cc7)no6)CCC(C)(C)[C@@H]5[C@H](O)[C@H](OC(C)=O)[C@@]4(C)O3)C2)cc1. The van der Waals surface area contributed by atoms with Gasteiger partial charge in [0.2, 0.25) is 0 Å². The summed E-state index contributed by atoms with van der Waals surface area (Å²) in [6.45, 7) is 10.3. The minimum Gasteiger partial charge on any atom is -0.497 e. The van der Waals surface area contributed by atoms with E-state index in [1.807, 2.05) is 62.4 Å². The number of benzene rings is 2. The maximum Gasteiger partial charge on any atom is 0.303 e. The maximum absolute atomic E-state index is 15.0. The summed E-state index contributed by atoms with van der Waals surface area (Å²) in [5, 5.41) is 34.3. The van der Waals surface area contributed by atoms with Crippen LogP contribution in [-0.4, -0.2) is 88.3 Å². The number of aliphatic hydroxyl groups is 2. The van der Waals surface area contributed by atoms with Crippen molar-refractivity contribution in [1.29, 1.82) is 0 Å². The Labute approximate surface area is 314 Å². The molecule has 0 amide bonds. The molecule has 1 saturated heterocycles. The van der Waals surface area contributed by atoms with Gasteiger partial charge in [0.25, 0.3) is 0 Å². The number of nitrogens with zero attached hydrogens (tertiary/aromatic N) is 2. The molecule has 3 fully saturated rings. The number of fused-ring (bicyclic) bond motifs is 3. The van der Waals surface area contributed by atoms with E-state index in [4.69, 9.17) is 33.0 Å². The normalized spacial score (nSPS) is 35.6. The van der Waals surface area contributed by atoms with Gasteiger partial charge in [0, 0.05) is 42.7 Å². The highest BCUT2D eigenvalue weighted by molar-refractivity contribution is 6.01. The first kappa shape index (κ1) is 38.0. The number of esters is 1. The summed E-state index contributed by atoms with van der Waals surface area (Å²) in [4.78, 5) is 33.7. The number of hydrogen-bond donors (Lipinski definition) is 2. The van der Waals surface area contributed by atoms with Crippen LogP contribution in [0.2, 0.25) is 0 Å². The maximum atomic E-state index is 15.0. The Balaban J connectivity index is 1.22. The summed E-state index contributed by atoms with van der Waals surface area (Å²) in [5.74, 6) is -0.115. The first-order valence-corrected chi connectivity index (χ1v) is 18.4. The molecule has 13 heteroatoms. The van der Waals surface area contributed by atoms with Crippen molar-refractivity contribution < 1.29 is 52.8 Å². The number of oxime groups is 1. The molecule has 2 aromatic carbocycles. The minimum absolute atomic E-state index is 0.0129. The van der Waals surface area contributed by atoms with Gasteiger partial charge in [-0.2, -0.15) is 0 Å². The van der Waals surface area contributed by atoms with Crippen LogP contribution in [0.4, 0.5) is 0 Å². The number of carbonyl (C=O) groups excluding carboxylic acids is 2. The highest BCUT2D eigenvalue weighted by Crippen LogP contribution is 2.68. The van der Waals surface area contributed by atoms with Crippen LogP contribution in [0, 0.1) is 16.7 Å². The number of ether oxygens (including phenoxy) is 5. The number of aromatic nitrogens is 1. The summed E-state index contributed by atoms with van der Waals surface area (Å²) in [7, 11) is 3.19. The number of hydrogen-bond acceptors (Lipinski definition) is 13. The van der Waals surface area contributed by atoms with E-state index >= 15 is 4.79 Å². The molecule has 3 aromatic rings. The van der Waals surface area contributed by atoms with Gasteiger partial charge in [-0.05, 0) is 86.2 Å². The molecule has 1 unspecified atom stereocenters. The van der Waals surface area contributed by atoms with E-state index in [0.717, 1.165) is 11.1 Å². The molecule has 0 radical (unpaired) electrons. The topological polar surface area (TPSA) is 168 Å². The predicted molar refractivity (Wildman–Crippen MR) is 195 cm³/mol. The Morgan fingerprint density at radius 2 is 1.59 bits per heavy atom. The van der Waals surface area contributed by atoms with Crippen molar-refractivity contribution in [2.45, 2.75) is 115 Å². The van der Waals surface area contributed by atoms with E-state index in [0.29, 0.717) is 47.9 Å². The number of Topliss-reactive ketones (excluding diaryl/α,β-unsaturated/α-hetero) is 1. The molecule has 13 nitrogen and oxygen atoms in total. The molecule has 7 rings (SSSR count). The van der Waals surface area contributed by atoms with Gasteiger partial charge in [0.05, 0.1) is 32.1 Å². The number of rotatable bonds is 9. The van der Waals surface area contributed by atoms with Crippen molar-refractivity contribution in [2.24, 2.45) is 21.9 Å². The van der Waals surface area contributed by atoms with E-state index < -0.39 is 69.7 Å². The zero-order valence-corrected chi connectivity index (χ0v) is 32.1. The molecule has 2 saturated carbocycles. The lowest BCUT2D eigenvalue weighted by molar-refractivity contribution is -0.384. The van der Waals surface area contributed by atoms with Crippen LogP contribution in [0.3, 0.4) is 0 Å². The van der Waals surface area contributed by atoms with Gasteiger partial charge in [-0.3, -0.25) is 9.59 Å². The molecule has 3 heterocycles. The zero-order chi connectivity index (χ0) is 38.8. The quantitative estimate of drug-likeness (QED) is 0.267. The van der Waals surface area contributed by atoms with E-state index in [1.165, 1.54) is 6.92 Å². The highest BCUT2D eigenvalue weighted by Gasteiger charge is 2.82. The van der Waals surface area contributed by atoms with E-state index in [1.54, 1.807) is 41.1 Å². The van der Waals surface area contributed by atoms with Crippen molar-refractivity contribution in [3.05, 3.63) is 65.9 Å². The zero-order valence-electron chi connectivity index (χ0n) is 32.1. The van der Waals surface area contributed by atoms with Gasteiger partial charge in [-0.15, -0.1) is 0 Å². The number of ketones is 1. The second-order valence-corrected chi connectivity index (χ2v) is 16.4. The van der Waals surface area contributed by atoms with Gasteiger partial charge in [0.15, 0.2) is 29.4 Å². The third-order valence-corrected chi connectivity index (χ3v) is 12.7. The monoisotopic (exact) mass is 746 g/mol. The number of methoxy groups -OCH3 is 2. The van der Waals surface area contributed by atoms with E-state index in [-0.39, 0.29) is 13.0 Å². The standard InChI is InChI=1S/C41H50N2O11/c1-23(44)51-36-34(46)35-37(2,3)18-17-32(50-22-28-19-29(42-52-28)24-9-13-26(48-7)14-10-24)39(35,5)41(47)31(45)21-38(4,54-40(36,41)6)33-20-30(43-53-33)25-11-15-27(49-8)16-12-25/h9-16,19,32-36,46-47H,17-18,20-22H2,1-8H3/t32-,33?,34-,35-,36-,38+,39-,40+,41-/m0/s1. The lowest BCUT2D eigenvalue weighted by atomic mass is 9.39. The molecule has 54 heavy (non-hydrogen) atoms. The summed E-state index contributed by atoms with van der Waals surface area (Å²) in [6, 6.07) is 16.6. The van der Waals surface area contributed by atoms with E-state index in [9.17, 15) is 15.0 Å². The molecule has 9 atom stereocenters. The van der Waals surface area contributed by atoms with Gasteiger partial charge in [0.1, 0.15) is 35.0 Å². The molecule has 2 N–H and O–H groups in total. The van der Waals surface area contributed by atoms with Crippen molar-refractivity contribution >= 4 is 17.5 Å². The van der Waals surface area contributed by atoms with Crippen LogP contribution in [0.1, 0.15) is 78.5 Å². The first-order chi connectivity index (χ1) is 25.5. The summed E-state index contributed by atoms with van der Waals surface area (Å²) < 4.78 is 35.7. The van der Waals surface area contributed by atoms with E-state index in [2.05, 4.69) is 10.3 Å². The molecule has 290 valence electrons. The lowest BCUT2D eigenvalue weighted by Gasteiger charge is -2.71. The Hall–Kier alpha value is -4.30. The Kier molecular flexibility index (Phi) is 9.48. The third kappa shape index (κ3) is 5.82. The van der Waals surface area contributed by atoms with Gasteiger partial charge < -0.3 is 43.3 Å². The van der Waals surface area contributed by atoms with Crippen LogP contribution < -0.4 is 9.47 Å². The number of aliphatic hydroxyl groups excluding tert-OH is 1. The molecular formula is C41H50N2O11. The summed E-state index contributed by atoms with van der Waals surface area (Å²) in [6.07, 6.45) is -3.13. The molecule has 0 spiro atoms. The summed E-state index contributed by atoms with van der Waals surface area (Å²) in [5.41, 5.74) is -4.71. The Bertz CT molecular complexity index is 1920. The van der Waals surface area contributed by atoms with Crippen molar-refractivity contribution in [2.75, 3.05) is 14.2 Å². The van der Waals surface area contributed by atoms with Crippen LogP contribution in [-0.2, 0) is 35.2 Å². The first-order valence-electron chi connectivity index (χ1n) is 18.4. The predicted octanol–water partition coefficient (Wildman–Crippen LogP) is 5.42. The smallest absolute Gasteiger partial charge is 0.303 e. The fraction of sp³-hybridized carbons (Fsp3) is 0.561. The molecule has 2 aliphatic carbocycles. The summed E-state index contributed by atoms with van der Waals surface area (Å²) >= 11 is 0. The largest absolute Gasteiger partial charge is 0.497 e. The van der Waals surface area contributed by atoms with Crippen molar-refractivity contribution in [1.82, 2.24) is 5.16 Å². The van der Waals surface area contributed by atoms with Crippen LogP contribution in [0.5, 0.6) is 11.5 Å².